The number of nitrogens with zero attached hydrogens (tertiary/aromatic N) is 8. The van der Waals surface area contributed by atoms with Crippen molar-refractivity contribution < 1.29 is 52.8 Å². The average Bonchev–Trinajstić information content (AvgIpc) is 1.11. The number of unbranched alkanes of at least 4 members (excludes halogenated alkanes) is 3. The lowest BCUT2D eigenvalue weighted by Crippen LogP contribution is -2.53. The monoisotopic (exact) mass is 1190 g/mol. The van der Waals surface area contributed by atoms with E-state index < -0.39 is 47.6 Å². The molecule has 7 rings (SSSR count). The summed E-state index contributed by atoms with van der Waals surface area (Å²) >= 11 is 0. The lowest BCUT2D eigenvalue weighted by atomic mass is 9.74. The molecule has 0 radical (unpaired) electrons. The van der Waals surface area contributed by atoms with Gasteiger partial charge in [0.25, 0.3) is 11.8 Å². The molecule has 2 aliphatic rings. The van der Waals surface area contributed by atoms with E-state index in [0.29, 0.717) is 97.5 Å². The number of ether oxygens (including phenoxy) is 1. The van der Waals surface area contributed by atoms with Crippen molar-refractivity contribution in [2.45, 2.75) is 102 Å². The number of anilines is 1. The predicted octanol–water partition coefficient (Wildman–Crippen LogP) is 5.41. The number of ketones is 1. The molecule has 4 atom stereocenters. The molecule has 1 aromatic heterocycles. The summed E-state index contributed by atoms with van der Waals surface area (Å²) in [7, 11) is 7.68. The minimum absolute atomic E-state index is 0.0298. The van der Waals surface area contributed by atoms with Crippen LogP contribution in [0.5, 0.6) is 5.75 Å². The zero-order chi connectivity index (χ0) is 62.6. The Bertz CT molecular complexity index is 3490. The standard InChI is InChI=1S/C63H74N14O10/c1-39(78)40-20-25-45(26-21-40)77-38-44(72-74-77)13-12-17-56(79)66-32-11-8-16-57(80)69-53(62(84)70-52(59(64)81)14-6-9-33-67-60(82)41-18-23-43(24-19-41)71-73-65)15-7-10-34-68-61(83)42-22-29-48(51(35-42)63(85)86)58-49-30-27-46(75(2)3)36-54(49)87-55-37-47(76(4)5)28-31-50(55)58/h18-31,35-38,49,52-53,58H,6-17,32-34H2,1-5H3,(H7-,64,66,67,68,69,70,79,80,81,82,83,84,85,86)/t49?,52-,53-,58?/m0/s1. The number of aromatic nitrogens is 3. The van der Waals surface area contributed by atoms with Crippen LogP contribution in [0.25, 0.3) is 16.1 Å². The zero-order valence-electron chi connectivity index (χ0n) is 49.5. The molecule has 87 heavy (non-hydrogen) atoms. The third kappa shape index (κ3) is 18.3. The van der Waals surface area contributed by atoms with Gasteiger partial charge < -0.3 is 51.9 Å². The van der Waals surface area contributed by atoms with Crippen LogP contribution in [0.2, 0.25) is 0 Å². The van der Waals surface area contributed by atoms with Crippen molar-refractivity contribution in [3.63, 3.8) is 0 Å². The van der Waals surface area contributed by atoms with E-state index in [0.717, 1.165) is 22.6 Å². The summed E-state index contributed by atoms with van der Waals surface area (Å²) in [4.78, 5) is 108. The molecule has 2 heterocycles. The van der Waals surface area contributed by atoms with Crippen molar-refractivity contribution in [1.29, 1.82) is 0 Å². The SMILES string of the molecule is CC(=O)c1ccc(-n2cc(CCCC(=O)NCCCCC(=O)N[C@@H](CCCCNC(=O)c3ccc(C4c5ccc(N(C)C)cc5OC5=CC(=[N+](C)C)C=CC54)c(C(=O)[O-])c3)C(=O)N[C@@H](CCCCNC(=O)c3ccc(N=[N+]=[N-])cc3)C(N)=O)nn2)cc1. The summed E-state index contributed by atoms with van der Waals surface area (Å²) < 4.78 is 10.0. The highest BCUT2D eigenvalue weighted by Crippen LogP contribution is 2.49. The summed E-state index contributed by atoms with van der Waals surface area (Å²) in [5, 5.41) is 38.8. The summed E-state index contributed by atoms with van der Waals surface area (Å²) in [6.07, 6.45) is 11.6. The van der Waals surface area contributed by atoms with Gasteiger partial charge >= 0.3 is 0 Å². The van der Waals surface area contributed by atoms with E-state index in [1.54, 1.807) is 47.3 Å². The van der Waals surface area contributed by atoms with E-state index in [2.05, 4.69) is 46.9 Å². The number of hydrogen-bond donors (Lipinski definition) is 6. The molecule has 1 aliphatic heterocycles. The average molecular weight is 1190 g/mol. The maximum Gasteiger partial charge on any atom is 0.251 e. The van der Waals surface area contributed by atoms with Gasteiger partial charge in [0.15, 0.2) is 5.78 Å². The molecule has 0 saturated heterocycles. The molecule has 0 fully saturated rings. The largest absolute Gasteiger partial charge is 0.545 e. The van der Waals surface area contributed by atoms with Crippen molar-refractivity contribution in [3.8, 4) is 11.4 Å². The van der Waals surface area contributed by atoms with E-state index in [1.807, 2.05) is 74.1 Å². The fourth-order valence-corrected chi connectivity index (χ4v) is 10.1. The highest BCUT2D eigenvalue weighted by molar-refractivity contribution is 6.02. The number of azide groups is 1. The Morgan fingerprint density at radius 3 is 2.05 bits per heavy atom. The van der Waals surface area contributed by atoms with Crippen LogP contribution in [0.4, 0.5) is 11.4 Å². The fraction of sp³-hybridized carbons (Fsp3) is 0.381. The van der Waals surface area contributed by atoms with Gasteiger partial charge in [-0.05, 0) is 137 Å². The van der Waals surface area contributed by atoms with E-state index in [4.69, 9.17) is 16.0 Å². The van der Waals surface area contributed by atoms with Gasteiger partial charge in [-0.25, -0.2) is 9.26 Å². The molecule has 0 spiro atoms. The number of aromatic carboxylic acids is 1. The van der Waals surface area contributed by atoms with Crippen molar-refractivity contribution in [2.24, 2.45) is 16.8 Å². The number of Topliss-reactive ketones (excluding diaryl/α,β-unsaturated/α-hetero) is 1. The Kier molecular flexibility index (Phi) is 23.2. The molecule has 0 saturated carbocycles. The van der Waals surface area contributed by atoms with Crippen LogP contribution < -0.4 is 47.1 Å². The molecule has 2 unspecified atom stereocenters. The maximum absolute atomic E-state index is 13.9. The number of amides is 6. The first-order chi connectivity index (χ1) is 41.8. The third-order valence-corrected chi connectivity index (χ3v) is 15.0. The van der Waals surface area contributed by atoms with Gasteiger partial charge in [0, 0.05) is 121 Å². The van der Waals surface area contributed by atoms with Gasteiger partial charge in [-0.2, -0.15) is 0 Å². The number of allylic oxidation sites excluding steroid dienone is 3. The summed E-state index contributed by atoms with van der Waals surface area (Å²) in [6.45, 7) is 2.20. The topological polar surface area (TPSA) is 341 Å². The van der Waals surface area contributed by atoms with Gasteiger partial charge in [0.1, 0.15) is 37.7 Å². The van der Waals surface area contributed by atoms with E-state index in [-0.39, 0.29) is 73.4 Å². The zero-order valence-corrected chi connectivity index (χ0v) is 49.5. The molecular formula is C63H74N14O10. The molecule has 1 aliphatic carbocycles. The third-order valence-electron chi connectivity index (χ3n) is 15.0. The summed E-state index contributed by atoms with van der Waals surface area (Å²) in [6, 6.07) is 21.2. The highest BCUT2D eigenvalue weighted by Gasteiger charge is 2.39. The number of rotatable bonds is 31. The molecule has 5 aromatic rings. The first-order valence-corrected chi connectivity index (χ1v) is 29.0. The van der Waals surface area contributed by atoms with Gasteiger partial charge in [0.05, 0.1) is 23.5 Å². The number of primary amides is 1. The molecule has 4 aromatic carbocycles. The molecule has 6 amide bonds. The molecule has 7 N–H and O–H groups in total. The van der Waals surface area contributed by atoms with Crippen LogP contribution in [0, 0.1) is 5.92 Å². The second kappa shape index (κ2) is 31.3. The molecule has 24 nitrogen and oxygen atoms in total. The lowest BCUT2D eigenvalue weighted by Gasteiger charge is -2.36. The number of nitrogens with one attached hydrogen (secondary N) is 5. The molecule has 24 heteroatoms. The number of fused-ring (bicyclic) bond motifs is 2. The molecule has 456 valence electrons. The highest BCUT2D eigenvalue weighted by atomic mass is 16.5. The van der Waals surface area contributed by atoms with Crippen LogP contribution in [0.3, 0.4) is 0 Å². The minimum atomic E-state index is -1.45. The van der Waals surface area contributed by atoms with E-state index in [9.17, 15) is 43.5 Å². The predicted molar refractivity (Wildman–Crippen MR) is 324 cm³/mol. The first-order valence-electron chi connectivity index (χ1n) is 29.0. The normalized spacial score (nSPS) is 14.5. The van der Waals surface area contributed by atoms with Crippen LogP contribution in [0.1, 0.15) is 142 Å². The number of carboxylic acids is 1. The van der Waals surface area contributed by atoms with Crippen LogP contribution in [-0.4, -0.2) is 132 Å². The summed E-state index contributed by atoms with van der Waals surface area (Å²) in [5.41, 5.74) is 20.1. The van der Waals surface area contributed by atoms with Crippen molar-refractivity contribution in [3.05, 3.63) is 165 Å². The van der Waals surface area contributed by atoms with Gasteiger partial charge in [0.2, 0.25) is 29.3 Å². The molecular weight excluding hydrogens is 1110 g/mol. The molecule has 0 bridgehead atoms. The number of carbonyl (C=O) groups is 8. The van der Waals surface area contributed by atoms with Crippen LogP contribution in [-0.2, 0) is 25.6 Å². The first kappa shape index (κ1) is 64.6. The number of carboxylic acid groups (broad SMARTS) is 1. The fourth-order valence-electron chi connectivity index (χ4n) is 10.1. The maximum atomic E-state index is 13.9. The van der Waals surface area contributed by atoms with Crippen LogP contribution in [0.15, 0.2) is 120 Å². The Morgan fingerprint density at radius 1 is 0.759 bits per heavy atom. The number of benzene rings is 4. The number of nitrogens with two attached hydrogens (primary N) is 1. The summed E-state index contributed by atoms with van der Waals surface area (Å²) in [5.74, 6) is -4.00. The lowest BCUT2D eigenvalue weighted by molar-refractivity contribution is -0.462. The minimum Gasteiger partial charge on any atom is -0.545 e. The van der Waals surface area contributed by atoms with Crippen molar-refractivity contribution in [1.82, 2.24) is 41.6 Å². The quantitative estimate of drug-likeness (QED) is 0.00808. The number of carbonyl (C=O) groups excluding carboxylic acids is 8. The Labute approximate surface area is 504 Å². The Balaban J connectivity index is 0.919. The van der Waals surface area contributed by atoms with Gasteiger partial charge in [-0.15, -0.1) is 5.10 Å². The van der Waals surface area contributed by atoms with Crippen LogP contribution >= 0.6 is 0 Å². The van der Waals surface area contributed by atoms with Crippen molar-refractivity contribution >= 4 is 64.3 Å². The smallest absolute Gasteiger partial charge is 0.251 e. The number of hydrogen-bond acceptors (Lipinski definition) is 14. The van der Waals surface area contributed by atoms with E-state index >= 15 is 0 Å². The van der Waals surface area contributed by atoms with Gasteiger partial charge in [-0.1, -0.05) is 40.7 Å². The second-order valence-electron chi connectivity index (χ2n) is 21.8. The van der Waals surface area contributed by atoms with E-state index in [1.165, 1.54) is 37.3 Å². The number of aryl methyl sites for hydroxylation is 1. The van der Waals surface area contributed by atoms with Gasteiger partial charge in [-0.3, -0.25) is 33.6 Å². The Morgan fingerprint density at radius 2 is 1.39 bits per heavy atom. The Hall–Kier alpha value is -9.96. The van der Waals surface area contributed by atoms with Crippen molar-refractivity contribution in [2.75, 3.05) is 52.7 Å². The second-order valence-corrected chi connectivity index (χ2v) is 21.8.